The van der Waals surface area contributed by atoms with Gasteiger partial charge in [0.05, 0.1) is 12.1 Å². The van der Waals surface area contributed by atoms with Crippen molar-refractivity contribution in [1.82, 2.24) is 0 Å². The molecule has 2 heteroatoms. The van der Waals surface area contributed by atoms with Crippen molar-refractivity contribution in [3.63, 3.8) is 0 Å². The molecule has 0 aromatic heterocycles. The summed E-state index contributed by atoms with van der Waals surface area (Å²) in [7, 11) is 0. The van der Waals surface area contributed by atoms with Gasteiger partial charge in [-0.25, -0.2) is 0 Å². The molecule has 21 heavy (non-hydrogen) atoms. The van der Waals surface area contributed by atoms with Crippen molar-refractivity contribution in [2.24, 2.45) is 5.92 Å². The summed E-state index contributed by atoms with van der Waals surface area (Å²) in [6, 6.07) is 20.1. The summed E-state index contributed by atoms with van der Waals surface area (Å²) in [6.45, 7) is 7.98. The van der Waals surface area contributed by atoms with Gasteiger partial charge in [0, 0.05) is 11.4 Å². The van der Waals surface area contributed by atoms with Crippen LogP contribution in [-0.2, 0) is 0 Å². The molecule has 0 bridgehead atoms. The predicted molar refractivity (Wildman–Crippen MR) is 89.9 cm³/mol. The zero-order valence-electron chi connectivity index (χ0n) is 12.7. The molecule has 0 unspecified atom stereocenters. The first-order valence-electron chi connectivity index (χ1n) is 7.35. The number of rotatable bonds is 6. The Morgan fingerprint density at radius 3 is 1.67 bits per heavy atom. The van der Waals surface area contributed by atoms with Crippen molar-refractivity contribution >= 4 is 11.4 Å². The summed E-state index contributed by atoms with van der Waals surface area (Å²) in [5.41, 5.74) is 2.10. The van der Waals surface area contributed by atoms with E-state index >= 15 is 0 Å². The Balaban J connectivity index is 2.48. The van der Waals surface area contributed by atoms with Crippen LogP contribution >= 0.6 is 0 Å². The molecule has 2 nitrogen and oxygen atoms in total. The number of anilines is 2. The van der Waals surface area contributed by atoms with Gasteiger partial charge in [0.1, 0.15) is 0 Å². The molecule has 2 aromatic carbocycles. The Morgan fingerprint density at radius 1 is 0.905 bits per heavy atom. The van der Waals surface area contributed by atoms with Crippen LogP contribution in [0.4, 0.5) is 11.4 Å². The minimum absolute atomic E-state index is 0.155. The lowest BCUT2D eigenvalue weighted by atomic mass is 9.97. The Morgan fingerprint density at radius 2 is 1.33 bits per heavy atom. The number of para-hydroxylation sites is 2. The lowest BCUT2D eigenvalue weighted by Gasteiger charge is -2.36. The monoisotopic (exact) mass is 281 g/mol. The minimum atomic E-state index is -0.483. The summed E-state index contributed by atoms with van der Waals surface area (Å²) < 4.78 is 0. The molecule has 110 valence electrons. The Hall–Kier alpha value is -2.06. The van der Waals surface area contributed by atoms with E-state index in [0.717, 1.165) is 11.4 Å². The highest BCUT2D eigenvalue weighted by Crippen LogP contribution is 2.30. The number of hydrogen-bond acceptors (Lipinski definition) is 2. The quantitative estimate of drug-likeness (QED) is 0.793. The average molecular weight is 281 g/mol. The first-order chi connectivity index (χ1) is 10.1. The summed E-state index contributed by atoms with van der Waals surface area (Å²) in [5.74, 6) is 0.155. The lowest BCUT2D eigenvalue weighted by Crippen LogP contribution is -2.42. The fraction of sp³-hybridized carbons (Fsp3) is 0.263. The van der Waals surface area contributed by atoms with E-state index in [4.69, 9.17) is 0 Å². The van der Waals surface area contributed by atoms with Gasteiger partial charge in [-0.15, -0.1) is 6.58 Å². The van der Waals surface area contributed by atoms with Crippen LogP contribution in [0.15, 0.2) is 73.3 Å². The van der Waals surface area contributed by atoms with Crippen LogP contribution < -0.4 is 4.90 Å². The smallest absolute Gasteiger partial charge is 0.0805 e. The lowest BCUT2D eigenvalue weighted by molar-refractivity contribution is 0.112. The van der Waals surface area contributed by atoms with Crippen molar-refractivity contribution in [2.45, 2.75) is 26.0 Å². The molecule has 0 fully saturated rings. The van der Waals surface area contributed by atoms with Gasteiger partial charge in [-0.2, -0.15) is 0 Å². The third kappa shape index (κ3) is 3.53. The summed E-state index contributed by atoms with van der Waals surface area (Å²) in [5, 5.41) is 10.6. The Kier molecular flexibility index (Phi) is 5.18. The third-order valence-electron chi connectivity index (χ3n) is 3.64. The van der Waals surface area contributed by atoms with E-state index < -0.39 is 6.10 Å². The van der Waals surface area contributed by atoms with E-state index in [1.54, 1.807) is 0 Å². The number of aliphatic hydroxyl groups excluding tert-OH is 1. The first kappa shape index (κ1) is 15.3. The molecule has 0 aliphatic rings. The van der Waals surface area contributed by atoms with Crippen LogP contribution in [0.2, 0.25) is 0 Å². The van der Waals surface area contributed by atoms with Crippen molar-refractivity contribution < 1.29 is 5.11 Å². The highest BCUT2D eigenvalue weighted by Gasteiger charge is 2.27. The van der Waals surface area contributed by atoms with Crippen molar-refractivity contribution in [1.29, 1.82) is 0 Å². The zero-order chi connectivity index (χ0) is 15.2. The molecule has 0 aliphatic carbocycles. The van der Waals surface area contributed by atoms with Gasteiger partial charge in [-0.1, -0.05) is 56.3 Å². The van der Waals surface area contributed by atoms with E-state index in [1.165, 1.54) is 0 Å². The summed E-state index contributed by atoms with van der Waals surface area (Å²) in [6.07, 6.45) is 1.34. The van der Waals surface area contributed by atoms with Gasteiger partial charge >= 0.3 is 0 Å². The van der Waals surface area contributed by atoms with Gasteiger partial charge in [0.2, 0.25) is 0 Å². The van der Waals surface area contributed by atoms with E-state index in [2.05, 4.69) is 35.7 Å². The van der Waals surface area contributed by atoms with E-state index in [-0.39, 0.29) is 12.0 Å². The van der Waals surface area contributed by atoms with E-state index in [1.807, 2.05) is 56.3 Å². The molecule has 0 radical (unpaired) electrons. The first-order valence-corrected chi connectivity index (χ1v) is 7.35. The minimum Gasteiger partial charge on any atom is -0.390 e. The van der Waals surface area contributed by atoms with Crippen molar-refractivity contribution in [2.75, 3.05) is 4.90 Å². The Labute approximate surface area is 127 Å². The maximum absolute atomic E-state index is 10.6. The van der Waals surface area contributed by atoms with Gasteiger partial charge in [0.25, 0.3) is 0 Å². The fourth-order valence-corrected chi connectivity index (χ4v) is 2.46. The molecule has 0 aliphatic heterocycles. The van der Waals surface area contributed by atoms with Gasteiger partial charge < -0.3 is 10.0 Å². The van der Waals surface area contributed by atoms with Crippen LogP contribution in [0, 0.1) is 5.92 Å². The molecule has 0 saturated heterocycles. The van der Waals surface area contributed by atoms with Crippen LogP contribution in [-0.4, -0.2) is 17.3 Å². The largest absolute Gasteiger partial charge is 0.390 e. The van der Waals surface area contributed by atoms with Crippen LogP contribution in [0.1, 0.15) is 13.8 Å². The topological polar surface area (TPSA) is 23.5 Å². The molecule has 1 N–H and O–H groups in total. The summed E-state index contributed by atoms with van der Waals surface area (Å²) >= 11 is 0. The summed E-state index contributed by atoms with van der Waals surface area (Å²) in [4.78, 5) is 2.14. The highest BCUT2D eigenvalue weighted by molar-refractivity contribution is 5.65. The predicted octanol–water partition coefficient (Wildman–Crippen LogP) is 4.40. The molecular weight excluding hydrogens is 258 g/mol. The average Bonchev–Trinajstić information content (AvgIpc) is 2.53. The third-order valence-corrected chi connectivity index (χ3v) is 3.64. The standard InChI is InChI=1S/C19H23NO/c1-4-18(19(21)15(2)3)20(16-11-7-5-8-12-16)17-13-9-6-10-14-17/h4-15,18-19,21H,1H2,2-3H3/t18-,19+/m0/s1. The molecule has 2 rings (SSSR count). The van der Waals surface area contributed by atoms with Crippen molar-refractivity contribution in [3.8, 4) is 0 Å². The van der Waals surface area contributed by atoms with E-state index in [9.17, 15) is 5.11 Å². The van der Waals surface area contributed by atoms with Gasteiger partial charge in [-0.3, -0.25) is 0 Å². The second kappa shape index (κ2) is 7.09. The number of benzene rings is 2. The second-order valence-electron chi connectivity index (χ2n) is 5.50. The highest BCUT2D eigenvalue weighted by atomic mass is 16.3. The zero-order valence-corrected chi connectivity index (χ0v) is 12.7. The number of nitrogens with zero attached hydrogens (tertiary/aromatic N) is 1. The normalized spacial score (nSPS) is 13.7. The van der Waals surface area contributed by atoms with Crippen LogP contribution in [0.3, 0.4) is 0 Å². The molecule has 0 amide bonds. The Bertz CT molecular complexity index is 511. The van der Waals surface area contributed by atoms with Crippen LogP contribution in [0.25, 0.3) is 0 Å². The molecule has 0 heterocycles. The van der Waals surface area contributed by atoms with Crippen LogP contribution in [0.5, 0.6) is 0 Å². The SMILES string of the molecule is C=C[C@@H]([C@H](O)C(C)C)N(c1ccccc1)c1ccccc1. The maximum atomic E-state index is 10.6. The number of hydrogen-bond donors (Lipinski definition) is 1. The molecule has 2 atom stereocenters. The fourth-order valence-electron chi connectivity index (χ4n) is 2.46. The van der Waals surface area contributed by atoms with Crippen molar-refractivity contribution in [3.05, 3.63) is 73.3 Å². The van der Waals surface area contributed by atoms with Gasteiger partial charge in [-0.05, 0) is 30.2 Å². The van der Waals surface area contributed by atoms with E-state index in [0.29, 0.717) is 0 Å². The maximum Gasteiger partial charge on any atom is 0.0805 e. The number of aliphatic hydroxyl groups is 1. The van der Waals surface area contributed by atoms with Gasteiger partial charge in [0.15, 0.2) is 0 Å². The molecule has 0 saturated carbocycles. The second-order valence-corrected chi connectivity index (χ2v) is 5.50. The molecular formula is C19H23NO. The molecule has 2 aromatic rings. The molecule has 0 spiro atoms.